The molecule has 0 radical (unpaired) electrons. The van der Waals surface area contributed by atoms with E-state index < -0.39 is 11.9 Å². The topological polar surface area (TPSA) is 148 Å². The number of amides is 1. The number of rotatable bonds is 10. The summed E-state index contributed by atoms with van der Waals surface area (Å²) in [4.78, 5) is 53.8. The van der Waals surface area contributed by atoms with Gasteiger partial charge >= 0.3 is 11.9 Å². The van der Waals surface area contributed by atoms with Crippen LogP contribution in [0.3, 0.4) is 0 Å². The maximum atomic E-state index is 13.8. The van der Waals surface area contributed by atoms with E-state index in [0.717, 1.165) is 62.9 Å². The van der Waals surface area contributed by atoms with Crippen molar-refractivity contribution in [3.05, 3.63) is 77.6 Å². The molecular formula is C36H36N6O5S. The summed E-state index contributed by atoms with van der Waals surface area (Å²) in [6.07, 6.45) is 6.36. The fourth-order valence-electron chi connectivity index (χ4n) is 6.98. The van der Waals surface area contributed by atoms with Gasteiger partial charge in [-0.3, -0.25) is 29.3 Å². The van der Waals surface area contributed by atoms with Crippen molar-refractivity contribution < 1.29 is 24.6 Å². The number of fused-ring (bicyclic) bond motifs is 3. The van der Waals surface area contributed by atoms with Crippen LogP contribution in [0.25, 0.3) is 22.0 Å². The lowest BCUT2D eigenvalue weighted by molar-refractivity contribution is -0.139. The molecule has 2 aromatic heterocycles. The van der Waals surface area contributed by atoms with Crippen LogP contribution in [0.2, 0.25) is 0 Å². The first kappa shape index (κ1) is 31.8. The number of aliphatic imine (C=N–C) groups is 1. The van der Waals surface area contributed by atoms with Gasteiger partial charge in [-0.1, -0.05) is 36.0 Å². The summed E-state index contributed by atoms with van der Waals surface area (Å²) in [6.45, 7) is 3.96. The molecule has 11 nitrogen and oxygen atoms in total. The third kappa shape index (κ3) is 6.37. The quantitative estimate of drug-likeness (QED) is 0.204. The second kappa shape index (κ2) is 13.4. The van der Waals surface area contributed by atoms with Gasteiger partial charge in [-0.05, 0) is 84.7 Å². The van der Waals surface area contributed by atoms with Gasteiger partial charge in [-0.15, -0.1) is 0 Å². The zero-order valence-electron chi connectivity index (χ0n) is 26.6. The number of anilines is 3. The molecule has 0 saturated carbocycles. The number of nitrogens with one attached hydrogen (secondary N) is 1. The Balaban J connectivity index is 1.10. The van der Waals surface area contributed by atoms with Crippen molar-refractivity contribution in [2.24, 2.45) is 4.99 Å². The lowest BCUT2D eigenvalue weighted by Crippen LogP contribution is -2.45. The number of piperidine rings is 1. The molecule has 12 heteroatoms. The molecule has 4 aromatic rings. The Bertz CT molecular complexity index is 1960. The van der Waals surface area contributed by atoms with E-state index in [1.807, 2.05) is 46.2 Å². The van der Waals surface area contributed by atoms with Crippen LogP contribution in [0.15, 0.2) is 65.9 Å². The predicted octanol–water partition coefficient (Wildman–Crippen LogP) is 5.32. The summed E-state index contributed by atoms with van der Waals surface area (Å²) in [5.74, 6) is -1.07. The van der Waals surface area contributed by atoms with Crippen LogP contribution in [-0.4, -0.2) is 85.4 Å². The summed E-state index contributed by atoms with van der Waals surface area (Å²) < 4.78 is 0. The average molecular weight is 665 g/mol. The number of carbonyl (C=O) groups is 3. The highest BCUT2D eigenvalue weighted by Gasteiger charge is 2.40. The minimum Gasteiger partial charge on any atom is -0.481 e. The molecule has 3 aliphatic heterocycles. The zero-order valence-corrected chi connectivity index (χ0v) is 27.4. The van der Waals surface area contributed by atoms with E-state index in [0.29, 0.717) is 43.3 Å². The van der Waals surface area contributed by atoms with Crippen molar-refractivity contribution in [1.82, 2.24) is 14.9 Å². The number of pyridine rings is 2. The van der Waals surface area contributed by atoms with Crippen molar-refractivity contribution in [3.63, 3.8) is 0 Å². The fourth-order valence-corrected chi connectivity index (χ4v) is 8.31. The Morgan fingerprint density at radius 1 is 1.02 bits per heavy atom. The van der Waals surface area contributed by atoms with E-state index in [-0.39, 0.29) is 30.2 Å². The van der Waals surface area contributed by atoms with Crippen LogP contribution >= 0.6 is 11.8 Å². The Hall–Kier alpha value is -4.81. The maximum absolute atomic E-state index is 13.8. The molecule has 3 N–H and O–H groups in total. The molecular weight excluding hydrogens is 629 g/mol. The van der Waals surface area contributed by atoms with Gasteiger partial charge in [0, 0.05) is 60.5 Å². The molecule has 48 heavy (non-hydrogen) atoms. The molecule has 0 bridgehead atoms. The van der Waals surface area contributed by atoms with Gasteiger partial charge in [-0.25, -0.2) is 4.98 Å². The predicted molar refractivity (Wildman–Crippen MR) is 187 cm³/mol. The second-order valence-corrected chi connectivity index (χ2v) is 13.7. The average Bonchev–Trinajstić information content (AvgIpc) is 3.70. The smallest absolute Gasteiger partial charge is 0.317 e. The number of carbonyl (C=O) groups excluding carboxylic acids is 1. The lowest BCUT2D eigenvalue weighted by Gasteiger charge is -2.32. The van der Waals surface area contributed by atoms with Crippen molar-refractivity contribution in [3.8, 4) is 11.1 Å². The minimum atomic E-state index is -0.835. The number of carboxylic acid groups (broad SMARTS) is 2. The number of aromatic nitrogens is 2. The molecule has 0 aliphatic carbocycles. The third-order valence-corrected chi connectivity index (χ3v) is 10.6. The molecule has 3 aliphatic rings. The van der Waals surface area contributed by atoms with E-state index in [4.69, 9.17) is 10.1 Å². The first-order valence-corrected chi connectivity index (χ1v) is 17.1. The highest BCUT2D eigenvalue weighted by molar-refractivity contribution is 8.16. The van der Waals surface area contributed by atoms with Crippen molar-refractivity contribution in [2.75, 3.05) is 36.4 Å². The molecule has 2 aromatic carbocycles. The van der Waals surface area contributed by atoms with E-state index in [1.54, 1.807) is 12.4 Å². The third-order valence-electron chi connectivity index (χ3n) is 9.36. The number of nitrogens with zero attached hydrogens (tertiary/aromatic N) is 5. The summed E-state index contributed by atoms with van der Waals surface area (Å²) in [5, 5.41) is 23.2. The van der Waals surface area contributed by atoms with E-state index in [9.17, 15) is 19.5 Å². The van der Waals surface area contributed by atoms with Gasteiger partial charge in [0.05, 0.1) is 12.6 Å². The SMILES string of the molecule is Cc1c(Nc2nccc3cc(CCCC(=O)O)cnc23)cccc1-c1cccc2c1CCN2C(=O)C1=NC2CCN(CC(=O)O)CC2S1. The molecule has 7 rings (SSSR count). The van der Waals surface area contributed by atoms with Crippen LogP contribution < -0.4 is 10.2 Å². The van der Waals surface area contributed by atoms with Gasteiger partial charge in [0.25, 0.3) is 5.91 Å². The normalized spacial score (nSPS) is 18.8. The monoisotopic (exact) mass is 664 g/mol. The number of aliphatic carboxylic acids is 2. The maximum Gasteiger partial charge on any atom is 0.317 e. The van der Waals surface area contributed by atoms with Gasteiger partial charge in [0.1, 0.15) is 5.52 Å². The number of carboxylic acids is 2. The molecule has 0 spiro atoms. The number of likely N-dealkylation sites (tertiary alicyclic amines) is 1. The van der Waals surface area contributed by atoms with Gasteiger partial charge in [0.2, 0.25) is 0 Å². The molecule has 1 saturated heterocycles. The van der Waals surface area contributed by atoms with Crippen molar-refractivity contribution in [1.29, 1.82) is 0 Å². The van der Waals surface area contributed by atoms with E-state index in [1.165, 1.54) is 11.8 Å². The van der Waals surface area contributed by atoms with Crippen molar-refractivity contribution >= 4 is 62.7 Å². The molecule has 1 fully saturated rings. The number of hydrogen-bond donors (Lipinski definition) is 3. The summed E-state index contributed by atoms with van der Waals surface area (Å²) in [5.41, 5.74) is 7.85. The van der Waals surface area contributed by atoms with Crippen LogP contribution in [0.5, 0.6) is 0 Å². The van der Waals surface area contributed by atoms with Crippen molar-refractivity contribution in [2.45, 2.75) is 50.3 Å². The first-order valence-electron chi connectivity index (χ1n) is 16.2. The number of aryl methyl sites for hydroxylation is 1. The van der Waals surface area contributed by atoms with Crippen LogP contribution in [0, 0.1) is 6.92 Å². The second-order valence-electron chi connectivity index (χ2n) is 12.5. The number of hydrogen-bond acceptors (Lipinski definition) is 9. The molecule has 2 unspecified atom stereocenters. The summed E-state index contributed by atoms with van der Waals surface area (Å²) in [6, 6.07) is 16.2. The van der Waals surface area contributed by atoms with Gasteiger partial charge in [0.15, 0.2) is 10.9 Å². The summed E-state index contributed by atoms with van der Waals surface area (Å²) >= 11 is 1.49. The van der Waals surface area contributed by atoms with E-state index >= 15 is 0 Å². The lowest BCUT2D eigenvalue weighted by atomic mass is 9.93. The standard InChI is InChI=1S/C36H36N6O5S/c1-21-24(6-3-8-27(21)39-34-33-23(11-14-37-34)17-22(18-38-33)5-2-10-31(43)44)25-7-4-9-29-26(25)12-16-42(29)36(47)35-40-28-13-15-41(20-32(45)46)19-30(28)48-35/h3-4,6-9,11,14,17-18,28,30H,2,5,10,12-13,15-16,19-20H2,1H3,(H,37,39)(H,43,44)(H,45,46). The van der Waals surface area contributed by atoms with Crippen LogP contribution in [0.4, 0.5) is 17.2 Å². The highest BCUT2D eigenvalue weighted by atomic mass is 32.2. The molecule has 5 heterocycles. The van der Waals surface area contributed by atoms with Crippen LogP contribution in [-0.2, 0) is 27.2 Å². The summed E-state index contributed by atoms with van der Waals surface area (Å²) in [7, 11) is 0. The largest absolute Gasteiger partial charge is 0.481 e. The molecule has 1 amide bonds. The first-order chi connectivity index (χ1) is 23.2. The molecule has 2 atom stereocenters. The highest BCUT2D eigenvalue weighted by Crippen LogP contribution is 2.41. The number of benzene rings is 2. The number of thioether (sulfide) groups is 1. The van der Waals surface area contributed by atoms with E-state index in [2.05, 4.69) is 34.3 Å². The Labute approximate surface area is 282 Å². The Morgan fingerprint density at radius 2 is 1.85 bits per heavy atom. The Morgan fingerprint density at radius 3 is 2.69 bits per heavy atom. The van der Waals surface area contributed by atoms with Gasteiger partial charge < -0.3 is 20.4 Å². The zero-order chi connectivity index (χ0) is 33.4. The fraction of sp³-hybridized carbons (Fsp3) is 0.333. The molecule has 246 valence electrons. The van der Waals surface area contributed by atoms with Gasteiger partial charge in [-0.2, -0.15) is 0 Å². The Kier molecular flexibility index (Phi) is 8.84. The minimum absolute atomic E-state index is 0.0131. The van der Waals surface area contributed by atoms with Crippen LogP contribution in [0.1, 0.15) is 36.0 Å².